The third-order valence-corrected chi connectivity index (χ3v) is 3.77. The number of nitrogens with zero attached hydrogens (tertiary/aromatic N) is 2. The molecule has 1 saturated heterocycles. The minimum atomic E-state index is 0.0341. The number of anilines is 1. The van der Waals surface area contributed by atoms with Crippen LogP contribution in [0.1, 0.15) is 16.8 Å². The van der Waals surface area contributed by atoms with Gasteiger partial charge in [0.25, 0.3) is 5.91 Å². The van der Waals surface area contributed by atoms with Crippen molar-refractivity contribution in [2.24, 2.45) is 0 Å². The van der Waals surface area contributed by atoms with E-state index in [4.69, 9.17) is 4.74 Å². The summed E-state index contributed by atoms with van der Waals surface area (Å²) in [6, 6.07) is 7.86. The van der Waals surface area contributed by atoms with E-state index in [9.17, 15) is 4.79 Å². The number of aromatic nitrogens is 1. The van der Waals surface area contributed by atoms with Gasteiger partial charge in [0.05, 0.1) is 12.2 Å². The molecule has 0 saturated carbocycles. The lowest BCUT2D eigenvalue weighted by molar-refractivity contribution is 0.0743. The molecule has 1 aliphatic rings. The Morgan fingerprint density at radius 2 is 2.05 bits per heavy atom. The van der Waals surface area contributed by atoms with Gasteiger partial charge in [0.15, 0.2) is 0 Å². The maximum atomic E-state index is 12.8. The standard InChI is InChI=1S/C16H19N3O2/c1-17-15-13-6-3-2-5-12(13)14(11-18-15)16(20)19-7-4-9-21-10-8-19/h2-3,5-6,11H,4,7-10H2,1H3,(H,17,18). The third kappa shape index (κ3) is 2.69. The minimum Gasteiger partial charge on any atom is -0.380 e. The van der Waals surface area contributed by atoms with Crippen LogP contribution < -0.4 is 5.32 Å². The highest BCUT2D eigenvalue weighted by Gasteiger charge is 2.20. The van der Waals surface area contributed by atoms with Crippen LogP contribution in [-0.4, -0.2) is 49.1 Å². The van der Waals surface area contributed by atoms with Gasteiger partial charge in [-0.2, -0.15) is 0 Å². The fourth-order valence-corrected chi connectivity index (χ4v) is 2.68. The van der Waals surface area contributed by atoms with Crippen LogP contribution >= 0.6 is 0 Å². The Morgan fingerprint density at radius 1 is 1.24 bits per heavy atom. The molecule has 1 fully saturated rings. The first-order valence-corrected chi connectivity index (χ1v) is 7.24. The van der Waals surface area contributed by atoms with Crippen molar-refractivity contribution in [1.82, 2.24) is 9.88 Å². The summed E-state index contributed by atoms with van der Waals surface area (Å²) in [5.41, 5.74) is 0.659. The molecular weight excluding hydrogens is 266 g/mol. The van der Waals surface area contributed by atoms with Crippen LogP contribution in [0, 0.1) is 0 Å². The van der Waals surface area contributed by atoms with Crippen LogP contribution in [0.25, 0.3) is 10.8 Å². The van der Waals surface area contributed by atoms with Gasteiger partial charge in [0, 0.05) is 38.3 Å². The van der Waals surface area contributed by atoms with Gasteiger partial charge in [-0.1, -0.05) is 24.3 Å². The maximum absolute atomic E-state index is 12.8. The molecule has 2 aromatic rings. The molecule has 1 aromatic carbocycles. The van der Waals surface area contributed by atoms with E-state index in [0.29, 0.717) is 18.7 Å². The molecule has 3 rings (SSSR count). The Hall–Kier alpha value is -2.14. The smallest absolute Gasteiger partial charge is 0.256 e. The van der Waals surface area contributed by atoms with Crippen molar-refractivity contribution in [2.45, 2.75) is 6.42 Å². The summed E-state index contributed by atoms with van der Waals surface area (Å²) < 4.78 is 5.42. The molecular formula is C16H19N3O2. The number of nitrogens with one attached hydrogen (secondary N) is 1. The Bertz CT molecular complexity index is 649. The van der Waals surface area contributed by atoms with Crippen LogP contribution in [0.15, 0.2) is 30.5 Å². The normalized spacial score (nSPS) is 15.8. The summed E-state index contributed by atoms with van der Waals surface area (Å²) >= 11 is 0. The summed E-state index contributed by atoms with van der Waals surface area (Å²) in [6.45, 7) is 2.70. The van der Waals surface area contributed by atoms with Gasteiger partial charge in [0.2, 0.25) is 0 Å². The molecule has 1 N–H and O–H groups in total. The van der Waals surface area contributed by atoms with Gasteiger partial charge in [0.1, 0.15) is 5.82 Å². The minimum absolute atomic E-state index is 0.0341. The summed E-state index contributed by atoms with van der Waals surface area (Å²) in [5, 5.41) is 4.98. The van der Waals surface area contributed by atoms with Crippen LogP contribution in [0.4, 0.5) is 5.82 Å². The molecule has 0 aliphatic carbocycles. The molecule has 1 aliphatic heterocycles. The molecule has 0 atom stereocenters. The lowest BCUT2D eigenvalue weighted by Crippen LogP contribution is -2.33. The lowest BCUT2D eigenvalue weighted by Gasteiger charge is -2.20. The monoisotopic (exact) mass is 285 g/mol. The van der Waals surface area contributed by atoms with E-state index in [1.807, 2.05) is 36.2 Å². The molecule has 1 amide bonds. The van der Waals surface area contributed by atoms with Crippen LogP contribution in [-0.2, 0) is 4.74 Å². The molecule has 0 radical (unpaired) electrons. The molecule has 0 bridgehead atoms. The van der Waals surface area contributed by atoms with Crippen molar-refractivity contribution in [2.75, 3.05) is 38.7 Å². The van der Waals surface area contributed by atoms with Gasteiger partial charge >= 0.3 is 0 Å². The van der Waals surface area contributed by atoms with E-state index >= 15 is 0 Å². The number of rotatable bonds is 2. The van der Waals surface area contributed by atoms with Gasteiger partial charge < -0.3 is 15.0 Å². The highest BCUT2D eigenvalue weighted by Crippen LogP contribution is 2.25. The van der Waals surface area contributed by atoms with Crippen molar-refractivity contribution in [3.63, 3.8) is 0 Å². The Kier molecular flexibility index (Phi) is 4.01. The molecule has 5 heteroatoms. The van der Waals surface area contributed by atoms with E-state index in [-0.39, 0.29) is 5.91 Å². The zero-order valence-electron chi connectivity index (χ0n) is 12.1. The van der Waals surface area contributed by atoms with Crippen molar-refractivity contribution < 1.29 is 9.53 Å². The van der Waals surface area contributed by atoms with Crippen molar-refractivity contribution in [3.8, 4) is 0 Å². The zero-order valence-corrected chi connectivity index (χ0v) is 12.1. The quantitative estimate of drug-likeness (QED) is 0.918. The average molecular weight is 285 g/mol. The van der Waals surface area contributed by atoms with Crippen LogP contribution in [0.2, 0.25) is 0 Å². The van der Waals surface area contributed by atoms with E-state index in [1.54, 1.807) is 6.20 Å². The Labute approximate surface area is 123 Å². The Balaban J connectivity index is 2.01. The highest BCUT2D eigenvalue weighted by atomic mass is 16.5. The fourth-order valence-electron chi connectivity index (χ4n) is 2.68. The number of pyridine rings is 1. The van der Waals surface area contributed by atoms with Crippen LogP contribution in [0.5, 0.6) is 0 Å². The molecule has 1 aromatic heterocycles. The molecule has 5 nitrogen and oxygen atoms in total. The second-order valence-corrected chi connectivity index (χ2v) is 5.07. The van der Waals surface area contributed by atoms with Gasteiger partial charge in [-0.25, -0.2) is 4.98 Å². The van der Waals surface area contributed by atoms with Gasteiger partial charge in [-0.15, -0.1) is 0 Å². The Morgan fingerprint density at radius 3 is 2.86 bits per heavy atom. The largest absolute Gasteiger partial charge is 0.380 e. The second-order valence-electron chi connectivity index (χ2n) is 5.07. The zero-order chi connectivity index (χ0) is 14.7. The molecule has 0 unspecified atom stereocenters. The number of hydrogen-bond donors (Lipinski definition) is 1. The fraction of sp³-hybridized carbons (Fsp3) is 0.375. The molecule has 0 spiro atoms. The summed E-state index contributed by atoms with van der Waals surface area (Å²) in [4.78, 5) is 19.0. The first kappa shape index (κ1) is 13.8. The first-order valence-electron chi connectivity index (χ1n) is 7.24. The second kappa shape index (κ2) is 6.10. The maximum Gasteiger partial charge on any atom is 0.256 e. The van der Waals surface area contributed by atoms with Crippen molar-refractivity contribution in [1.29, 1.82) is 0 Å². The third-order valence-electron chi connectivity index (χ3n) is 3.77. The van der Waals surface area contributed by atoms with E-state index in [0.717, 1.165) is 36.2 Å². The highest BCUT2D eigenvalue weighted by molar-refractivity contribution is 6.09. The van der Waals surface area contributed by atoms with Gasteiger partial charge in [-0.05, 0) is 11.8 Å². The molecule has 110 valence electrons. The predicted molar refractivity (Wildman–Crippen MR) is 82.6 cm³/mol. The summed E-state index contributed by atoms with van der Waals surface area (Å²) in [6.07, 6.45) is 2.55. The molecule has 21 heavy (non-hydrogen) atoms. The number of hydrogen-bond acceptors (Lipinski definition) is 4. The van der Waals surface area contributed by atoms with Gasteiger partial charge in [-0.3, -0.25) is 4.79 Å². The van der Waals surface area contributed by atoms with E-state index < -0.39 is 0 Å². The number of fused-ring (bicyclic) bond motifs is 1. The lowest BCUT2D eigenvalue weighted by atomic mass is 10.1. The number of carbonyl (C=O) groups excluding carboxylic acids is 1. The molecule has 2 heterocycles. The van der Waals surface area contributed by atoms with Crippen molar-refractivity contribution in [3.05, 3.63) is 36.0 Å². The number of benzene rings is 1. The summed E-state index contributed by atoms with van der Waals surface area (Å²) in [7, 11) is 1.84. The number of amides is 1. The first-order chi connectivity index (χ1) is 10.3. The average Bonchev–Trinajstić information content (AvgIpc) is 2.82. The SMILES string of the molecule is CNc1ncc(C(=O)N2CCCOCC2)c2ccccc12. The predicted octanol–water partition coefficient (Wildman–Crippen LogP) is 2.14. The van der Waals surface area contributed by atoms with E-state index in [1.165, 1.54) is 0 Å². The number of carbonyl (C=O) groups is 1. The van der Waals surface area contributed by atoms with Crippen LogP contribution in [0.3, 0.4) is 0 Å². The topological polar surface area (TPSA) is 54.5 Å². The van der Waals surface area contributed by atoms with E-state index in [2.05, 4.69) is 10.3 Å². The number of ether oxygens (including phenoxy) is 1. The van der Waals surface area contributed by atoms with Crippen molar-refractivity contribution >= 4 is 22.5 Å². The summed E-state index contributed by atoms with van der Waals surface area (Å²) in [5.74, 6) is 0.827.